The molecule has 7 nitrogen and oxygen atoms in total. The maximum absolute atomic E-state index is 11.5. The Morgan fingerprint density at radius 3 is 2.39 bits per heavy atom. The molecule has 0 aliphatic rings. The highest BCUT2D eigenvalue weighted by atomic mass is 16.6. The highest BCUT2D eigenvalue weighted by Gasteiger charge is 2.24. The van der Waals surface area contributed by atoms with Gasteiger partial charge in [-0.15, -0.1) is 0 Å². The van der Waals surface area contributed by atoms with E-state index in [-0.39, 0.29) is 22.5 Å². The molecule has 1 N–H and O–H groups in total. The third-order valence-corrected chi connectivity index (χ3v) is 3.32. The summed E-state index contributed by atoms with van der Waals surface area (Å²) in [4.78, 5) is 22.1. The topological polar surface area (TPSA) is 98.3 Å². The second-order valence-corrected chi connectivity index (χ2v) is 4.75. The Kier molecular flexibility index (Phi) is 3.60. The third-order valence-electron chi connectivity index (χ3n) is 3.32. The molecule has 0 atom stereocenters. The zero-order chi connectivity index (χ0) is 16.4. The van der Waals surface area contributed by atoms with Crippen LogP contribution in [0.3, 0.4) is 0 Å². The predicted molar refractivity (Wildman–Crippen MR) is 82.6 cm³/mol. The van der Waals surface area contributed by atoms with Gasteiger partial charge in [-0.3, -0.25) is 10.1 Å². The van der Waals surface area contributed by atoms with Crippen molar-refractivity contribution < 1.29 is 14.8 Å². The Labute approximate surface area is 130 Å². The van der Waals surface area contributed by atoms with Gasteiger partial charge in [-0.05, 0) is 18.2 Å². The molecule has 0 spiro atoms. The number of nitro groups is 1. The Morgan fingerprint density at radius 2 is 1.74 bits per heavy atom. The molecule has 0 unspecified atom stereocenters. The number of carbonyl (C=O) groups is 1. The van der Waals surface area contributed by atoms with E-state index in [9.17, 15) is 20.0 Å². The minimum Gasteiger partial charge on any atom is -0.478 e. The summed E-state index contributed by atoms with van der Waals surface area (Å²) >= 11 is 0. The summed E-state index contributed by atoms with van der Waals surface area (Å²) in [5.74, 6) is -1.19. The van der Waals surface area contributed by atoms with Gasteiger partial charge < -0.3 is 5.11 Å². The van der Waals surface area contributed by atoms with Crippen LogP contribution in [0.1, 0.15) is 10.4 Å². The zero-order valence-corrected chi connectivity index (χ0v) is 11.8. The summed E-state index contributed by atoms with van der Waals surface area (Å²) in [5.41, 5.74) is 0.620. The molecule has 0 aliphatic carbocycles. The van der Waals surface area contributed by atoms with Gasteiger partial charge in [0.25, 0.3) is 5.69 Å². The number of carboxylic acid groups (broad SMARTS) is 1. The molecule has 0 aliphatic heterocycles. The fraction of sp³-hybridized carbons (Fsp3) is 0. The van der Waals surface area contributed by atoms with Crippen molar-refractivity contribution in [3.63, 3.8) is 0 Å². The fourth-order valence-electron chi connectivity index (χ4n) is 2.28. The molecule has 2 aromatic carbocycles. The van der Waals surface area contributed by atoms with Gasteiger partial charge in [0.2, 0.25) is 0 Å². The summed E-state index contributed by atoms with van der Waals surface area (Å²) < 4.78 is 1.40. The number of hydrogen-bond donors (Lipinski definition) is 1. The van der Waals surface area contributed by atoms with Crippen molar-refractivity contribution in [2.24, 2.45) is 0 Å². The molecule has 0 saturated heterocycles. The van der Waals surface area contributed by atoms with Gasteiger partial charge in [0, 0.05) is 12.3 Å². The second-order valence-electron chi connectivity index (χ2n) is 4.75. The highest BCUT2D eigenvalue weighted by molar-refractivity contribution is 5.96. The first kappa shape index (κ1) is 14.5. The Hall–Kier alpha value is -3.48. The van der Waals surface area contributed by atoms with Crippen molar-refractivity contribution in [1.29, 1.82) is 0 Å². The molecule has 0 fully saturated rings. The number of hydrogen-bond acceptors (Lipinski definition) is 4. The number of para-hydroxylation sites is 2. The molecular formula is C16H11N3O4. The number of aromatic nitrogens is 2. The molecule has 0 amide bonds. The van der Waals surface area contributed by atoms with Crippen molar-refractivity contribution in [3.8, 4) is 16.9 Å². The van der Waals surface area contributed by atoms with Crippen molar-refractivity contribution in [2.45, 2.75) is 0 Å². The largest absolute Gasteiger partial charge is 0.478 e. The third kappa shape index (κ3) is 2.67. The predicted octanol–water partition coefficient (Wildman–Crippen LogP) is 3.15. The fourth-order valence-corrected chi connectivity index (χ4v) is 2.28. The van der Waals surface area contributed by atoms with E-state index in [4.69, 9.17) is 0 Å². The van der Waals surface area contributed by atoms with E-state index >= 15 is 0 Å². The van der Waals surface area contributed by atoms with Gasteiger partial charge in [-0.1, -0.05) is 30.3 Å². The van der Waals surface area contributed by atoms with Crippen LogP contribution >= 0.6 is 0 Å². The van der Waals surface area contributed by atoms with E-state index in [2.05, 4.69) is 5.10 Å². The monoisotopic (exact) mass is 309 g/mol. The van der Waals surface area contributed by atoms with Crippen LogP contribution in [0.15, 0.2) is 60.8 Å². The average Bonchev–Trinajstić information content (AvgIpc) is 3.01. The van der Waals surface area contributed by atoms with Crippen molar-refractivity contribution in [1.82, 2.24) is 9.78 Å². The van der Waals surface area contributed by atoms with Crippen LogP contribution in [0.25, 0.3) is 16.9 Å². The molecule has 1 aromatic heterocycles. The SMILES string of the molecule is O=C(O)c1cn(-c2ccccc2)nc1-c1ccccc1[N+](=O)[O-]. The summed E-state index contributed by atoms with van der Waals surface area (Å²) in [6, 6.07) is 14.9. The standard InChI is InChI=1S/C16H11N3O4/c20-16(21)13-10-18(11-6-2-1-3-7-11)17-15(13)12-8-4-5-9-14(12)19(22)23/h1-10H,(H,20,21). The van der Waals surface area contributed by atoms with Crippen molar-refractivity contribution >= 4 is 11.7 Å². The first-order valence-corrected chi connectivity index (χ1v) is 6.70. The lowest BCUT2D eigenvalue weighted by atomic mass is 10.1. The first-order valence-electron chi connectivity index (χ1n) is 6.70. The van der Waals surface area contributed by atoms with Crippen LogP contribution in [-0.4, -0.2) is 25.8 Å². The lowest BCUT2D eigenvalue weighted by Crippen LogP contribution is -1.99. The molecule has 1 heterocycles. The molecule has 3 aromatic rings. The minimum absolute atomic E-state index is 0.0636. The number of nitro benzene ring substituents is 1. The number of carboxylic acids is 1. The molecule has 114 valence electrons. The first-order chi connectivity index (χ1) is 11.1. The van der Waals surface area contributed by atoms with E-state index in [0.29, 0.717) is 5.69 Å². The number of rotatable bonds is 4. The van der Waals surface area contributed by atoms with E-state index in [0.717, 1.165) is 0 Å². The van der Waals surface area contributed by atoms with Crippen LogP contribution in [0.4, 0.5) is 5.69 Å². The highest BCUT2D eigenvalue weighted by Crippen LogP contribution is 2.31. The van der Waals surface area contributed by atoms with E-state index in [1.54, 1.807) is 30.3 Å². The average molecular weight is 309 g/mol. The van der Waals surface area contributed by atoms with Crippen LogP contribution in [0, 0.1) is 10.1 Å². The van der Waals surface area contributed by atoms with Gasteiger partial charge >= 0.3 is 5.97 Å². The molecule has 0 radical (unpaired) electrons. The van der Waals surface area contributed by atoms with Gasteiger partial charge in [-0.25, -0.2) is 9.48 Å². The van der Waals surface area contributed by atoms with E-state index < -0.39 is 10.9 Å². The zero-order valence-electron chi connectivity index (χ0n) is 11.8. The van der Waals surface area contributed by atoms with Crippen LogP contribution in [0.2, 0.25) is 0 Å². The number of aromatic carboxylic acids is 1. The van der Waals surface area contributed by atoms with Gasteiger partial charge in [-0.2, -0.15) is 5.10 Å². The summed E-state index contributed by atoms with van der Waals surface area (Å²) in [6.07, 6.45) is 1.35. The summed E-state index contributed by atoms with van der Waals surface area (Å²) in [7, 11) is 0. The molecule has 7 heteroatoms. The molecule has 3 rings (SSSR count). The minimum atomic E-state index is -1.19. The summed E-state index contributed by atoms with van der Waals surface area (Å²) in [6.45, 7) is 0. The molecule has 0 bridgehead atoms. The summed E-state index contributed by atoms with van der Waals surface area (Å²) in [5, 5.41) is 24.8. The van der Waals surface area contributed by atoms with Crippen molar-refractivity contribution in [3.05, 3.63) is 76.5 Å². The van der Waals surface area contributed by atoms with Gasteiger partial charge in [0.1, 0.15) is 11.3 Å². The molecular weight excluding hydrogens is 298 g/mol. The van der Waals surface area contributed by atoms with E-state index in [1.165, 1.54) is 29.1 Å². The van der Waals surface area contributed by atoms with Gasteiger partial charge in [0.05, 0.1) is 16.2 Å². The van der Waals surface area contributed by atoms with Crippen LogP contribution in [0.5, 0.6) is 0 Å². The van der Waals surface area contributed by atoms with Crippen LogP contribution in [-0.2, 0) is 0 Å². The molecule has 23 heavy (non-hydrogen) atoms. The lowest BCUT2D eigenvalue weighted by Gasteiger charge is -2.01. The molecule has 0 saturated carbocycles. The maximum Gasteiger partial charge on any atom is 0.339 e. The lowest BCUT2D eigenvalue weighted by molar-refractivity contribution is -0.384. The quantitative estimate of drug-likeness (QED) is 0.589. The number of benzene rings is 2. The van der Waals surface area contributed by atoms with Gasteiger partial charge in [0.15, 0.2) is 0 Å². The second kappa shape index (κ2) is 5.72. The Balaban J connectivity index is 2.22. The van der Waals surface area contributed by atoms with Crippen molar-refractivity contribution in [2.75, 3.05) is 0 Å². The van der Waals surface area contributed by atoms with E-state index in [1.807, 2.05) is 6.07 Å². The Bertz CT molecular complexity index is 887. The Morgan fingerprint density at radius 1 is 1.09 bits per heavy atom. The number of nitrogens with zero attached hydrogens (tertiary/aromatic N) is 3. The smallest absolute Gasteiger partial charge is 0.339 e. The normalized spacial score (nSPS) is 10.4. The maximum atomic E-state index is 11.5. The van der Waals surface area contributed by atoms with Crippen LogP contribution < -0.4 is 0 Å².